The summed E-state index contributed by atoms with van der Waals surface area (Å²) in [5.41, 5.74) is -0.00171. The van der Waals surface area contributed by atoms with E-state index < -0.39 is 17.2 Å². The molecule has 2 saturated carbocycles. The average Bonchev–Trinajstić information content (AvgIpc) is 3.60. The quantitative estimate of drug-likeness (QED) is 0.800. The number of halogens is 1. The first-order chi connectivity index (χ1) is 13.9. The number of anilines is 1. The van der Waals surface area contributed by atoms with Crippen molar-refractivity contribution in [3.05, 3.63) is 33.9 Å². The number of rotatable bonds is 5. The average molecular weight is 401 g/mol. The van der Waals surface area contributed by atoms with E-state index >= 15 is 4.39 Å². The summed E-state index contributed by atoms with van der Waals surface area (Å²) in [5.74, 6) is -1.54. The normalized spacial score (nSPS) is 22.4. The van der Waals surface area contributed by atoms with E-state index in [4.69, 9.17) is 4.74 Å². The maximum atomic E-state index is 15.3. The lowest BCUT2D eigenvalue weighted by atomic mass is 10.0. The first-order valence-electron chi connectivity index (χ1n) is 10.0. The molecular weight excluding hydrogens is 377 g/mol. The number of likely N-dealkylation sites (N-methyl/N-ethyl adjacent to an activating group) is 1. The molecule has 1 saturated heterocycles. The van der Waals surface area contributed by atoms with Crippen molar-refractivity contribution in [1.29, 1.82) is 0 Å². The van der Waals surface area contributed by atoms with E-state index in [1.54, 1.807) is 4.57 Å². The van der Waals surface area contributed by atoms with Gasteiger partial charge in [0.05, 0.1) is 18.0 Å². The lowest BCUT2D eigenvalue weighted by Crippen LogP contribution is -2.34. The molecule has 0 amide bonds. The third-order valence-corrected chi connectivity index (χ3v) is 6.78. The largest absolute Gasteiger partial charge is 0.492 e. The van der Waals surface area contributed by atoms with Crippen molar-refractivity contribution in [3.63, 3.8) is 0 Å². The first kappa shape index (κ1) is 18.4. The fourth-order valence-electron chi connectivity index (χ4n) is 4.93. The van der Waals surface area contributed by atoms with Crippen molar-refractivity contribution in [2.45, 2.75) is 37.8 Å². The summed E-state index contributed by atoms with van der Waals surface area (Å²) in [5, 5.41) is 12.9. The molecule has 154 valence electrons. The van der Waals surface area contributed by atoms with Gasteiger partial charge in [0.2, 0.25) is 5.43 Å². The number of nitrogens with one attached hydrogen (secondary N) is 1. The molecule has 2 N–H and O–H groups in total. The van der Waals surface area contributed by atoms with Crippen LogP contribution in [0.15, 0.2) is 17.1 Å². The molecule has 2 heterocycles. The Kier molecular flexibility index (Phi) is 3.93. The van der Waals surface area contributed by atoms with E-state index in [-0.39, 0.29) is 28.4 Å². The lowest BCUT2D eigenvalue weighted by molar-refractivity contribution is 0.0695. The predicted octanol–water partition coefficient (Wildman–Crippen LogP) is 2.37. The minimum absolute atomic E-state index is 0.0559. The number of nitrogens with zero attached hydrogens (tertiary/aromatic N) is 2. The number of aromatic carboxylic acids is 1. The van der Waals surface area contributed by atoms with Crippen LogP contribution in [0.1, 0.15) is 42.1 Å². The molecular formula is C21H24FN3O4. The highest BCUT2D eigenvalue weighted by Crippen LogP contribution is 2.55. The van der Waals surface area contributed by atoms with Crippen LogP contribution in [0.25, 0.3) is 10.9 Å². The fraction of sp³-hybridized carbons (Fsp3) is 0.524. The highest BCUT2D eigenvalue weighted by Gasteiger charge is 2.55. The Morgan fingerprint density at radius 3 is 2.62 bits per heavy atom. The lowest BCUT2D eigenvalue weighted by Gasteiger charge is -2.24. The number of methoxy groups -OCH3 is 1. The standard InChI is InChI=1S/C21H24FN3O4/c1-23-15-9-24(10-21(15)5-6-21)17-14(22)7-12-16(19(17)29-2)25(11-3-4-11)8-13(18(12)26)20(27)28/h7-8,11,15,23H,3-6,9-10H2,1-2H3,(H,27,28)/t15-/m1/s1. The van der Waals surface area contributed by atoms with Crippen LogP contribution < -0.4 is 20.4 Å². The molecule has 1 aromatic carbocycles. The molecule has 3 aliphatic rings. The molecule has 29 heavy (non-hydrogen) atoms. The molecule has 0 unspecified atom stereocenters. The maximum Gasteiger partial charge on any atom is 0.341 e. The maximum absolute atomic E-state index is 15.3. The first-order valence-corrected chi connectivity index (χ1v) is 10.0. The summed E-state index contributed by atoms with van der Waals surface area (Å²) in [4.78, 5) is 26.4. The molecule has 3 fully saturated rings. The Balaban J connectivity index is 1.75. The SMILES string of the molecule is CN[C@@H]1CN(c2c(F)cc3c(=O)c(C(=O)O)cn(C4CC4)c3c2OC)CC12CC2. The van der Waals surface area contributed by atoms with Crippen LogP contribution in [-0.2, 0) is 0 Å². The van der Waals surface area contributed by atoms with Crippen LogP contribution >= 0.6 is 0 Å². The number of carbonyl (C=O) groups is 1. The van der Waals surface area contributed by atoms with Crippen LogP contribution in [0.2, 0.25) is 0 Å². The van der Waals surface area contributed by atoms with Crippen molar-refractivity contribution in [2.75, 3.05) is 32.1 Å². The van der Waals surface area contributed by atoms with Gasteiger partial charge in [-0.05, 0) is 38.8 Å². The molecule has 2 aliphatic carbocycles. The Hall–Kier alpha value is -2.61. The van der Waals surface area contributed by atoms with E-state index in [1.807, 2.05) is 11.9 Å². The van der Waals surface area contributed by atoms with Gasteiger partial charge in [-0.2, -0.15) is 0 Å². The van der Waals surface area contributed by atoms with Gasteiger partial charge in [-0.3, -0.25) is 4.79 Å². The number of aromatic nitrogens is 1. The van der Waals surface area contributed by atoms with Gasteiger partial charge in [-0.15, -0.1) is 0 Å². The van der Waals surface area contributed by atoms with Gasteiger partial charge < -0.3 is 24.6 Å². The van der Waals surface area contributed by atoms with Gasteiger partial charge in [-0.1, -0.05) is 0 Å². The predicted molar refractivity (Wildman–Crippen MR) is 107 cm³/mol. The second-order valence-corrected chi connectivity index (χ2v) is 8.54. The summed E-state index contributed by atoms with van der Waals surface area (Å²) in [6, 6.07) is 1.57. The summed E-state index contributed by atoms with van der Waals surface area (Å²) >= 11 is 0. The van der Waals surface area contributed by atoms with Gasteiger partial charge in [0.15, 0.2) is 11.6 Å². The molecule has 2 aromatic rings. The molecule has 0 radical (unpaired) electrons. The van der Waals surface area contributed by atoms with E-state index in [0.717, 1.165) is 32.2 Å². The van der Waals surface area contributed by atoms with Crippen LogP contribution in [-0.4, -0.2) is 48.9 Å². The van der Waals surface area contributed by atoms with Gasteiger partial charge in [0, 0.05) is 36.8 Å². The van der Waals surface area contributed by atoms with E-state index in [2.05, 4.69) is 5.32 Å². The summed E-state index contributed by atoms with van der Waals surface area (Å²) in [7, 11) is 3.41. The van der Waals surface area contributed by atoms with Crippen LogP contribution in [0.5, 0.6) is 5.75 Å². The van der Waals surface area contributed by atoms with Crippen molar-refractivity contribution in [3.8, 4) is 5.75 Å². The Morgan fingerprint density at radius 1 is 1.38 bits per heavy atom. The number of hydrogen-bond donors (Lipinski definition) is 2. The third-order valence-electron chi connectivity index (χ3n) is 6.78. The molecule has 1 aromatic heterocycles. The van der Waals surface area contributed by atoms with E-state index in [9.17, 15) is 14.7 Å². The topological polar surface area (TPSA) is 83.8 Å². The van der Waals surface area contributed by atoms with Gasteiger partial charge in [0.25, 0.3) is 0 Å². The van der Waals surface area contributed by atoms with Gasteiger partial charge in [0.1, 0.15) is 11.3 Å². The van der Waals surface area contributed by atoms with E-state index in [1.165, 1.54) is 19.4 Å². The third kappa shape index (κ3) is 2.65. The number of pyridine rings is 1. The highest BCUT2D eigenvalue weighted by atomic mass is 19.1. The summed E-state index contributed by atoms with van der Waals surface area (Å²) in [6.07, 6.45) is 5.39. The fourth-order valence-corrected chi connectivity index (χ4v) is 4.93. The number of carboxylic acids is 1. The zero-order valence-corrected chi connectivity index (χ0v) is 16.5. The number of hydrogen-bond acceptors (Lipinski definition) is 5. The van der Waals surface area contributed by atoms with Crippen molar-refractivity contribution < 1.29 is 19.0 Å². The Bertz CT molecular complexity index is 1090. The molecule has 0 bridgehead atoms. The van der Waals surface area contributed by atoms with Crippen LogP contribution in [0.3, 0.4) is 0 Å². The van der Waals surface area contributed by atoms with Gasteiger partial charge >= 0.3 is 5.97 Å². The zero-order valence-electron chi connectivity index (χ0n) is 16.5. The number of ether oxygens (including phenoxy) is 1. The number of benzene rings is 1. The number of fused-ring (bicyclic) bond motifs is 1. The Morgan fingerprint density at radius 2 is 2.10 bits per heavy atom. The summed E-state index contributed by atoms with van der Waals surface area (Å²) < 4.78 is 22.8. The molecule has 7 nitrogen and oxygen atoms in total. The smallest absolute Gasteiger partial charge is 0.341 e. The highest BCUT2D eigenvalue weighted by molar-refractivity contribution is 5.97. The van der Waals surface area contributed by atoms with Crippen molar-refractivity contribution in [2.24, 2.45) is 5.41 Å². The van der Waals surface area contributed by atoms with E-state index in [0.29, 0.717) is 23.5 Å². The molecule has 1 spiro atoms. The molecule has 8 heteroatoms. The van der Waals surface area contributed by atoms with Crippen LogP contribution in [0, 0.1) is 11.2 Å². The summed E-state index contributed by atoms with van der Waals surface area (Å²) in [6.45, 7) is 1.40. The minimum atomic E-state index is -1.30. The van der Waals surface area contributed by atoms with Crippen LogP contribution in [0.4, 0.5) is 10.1 Å². The second kappa shape index (κ2) is 6.19. The zero-order chi connectivity index (χ0) is 20.5. The van der Waals surface area contributed by atoms with Crippen molar-refractivity contribution in [1.82, 2.24) is 9.88 Å². The van der Waals surface area contributed by atoms with Gasteiger partial charge in [-0.25, -0.2) is 9.18 Å². The molecule has 1 aliphatic heterocycles. The number of carboxylic acid groups (broad SMARTS) is 1. The molecule has 1 atom stereocenters. The van der Waals surface area contributed by atoms with Crippen molar-refractivity contribution >= 4 is 22.6 Å². The monoisotopic (exact) mass is 401 g/mol. The second-order valence-electron chi connectivity index (χ2n) is 8.54. The minimum Gasteiger partial charge on any atom is -0.492 e. The Labute approximate surface area is 167 Å². The molecule has 5 rings (SSSR count).